The van der Waals surface area contributed by atoms with E-state index in [1.807, 2.05) is 56.8 Å². The largest absolute Gasteiger partial charge is 0.345 e. The molecule has 0 saturated carbocycles. The van der Waals surface area contributed by atoms with Gasteiger partial charge in [0, 0.05) is 19.8 Å². The Morgan fingerprint density at radius 2 is 1.92 bits per heavy atom. The van der Waals surface area contributed by atoms with E-state index in [0.717, 1.165) is 39.3 Å². The Labute approximate surface area is 150 Å². The molecule has 0 bridgehead atoms. The van der Waals surface area contributed by atoms with E-state index in [1.165, 1.54) is 0 Å². The number of nitrogens with zero attached hydrogens (tertiary/aromatic N) is 5. The van der Waals surface area contributed by atoms with Gasteiger partial charge in [-0.05, 0) is 32.0 Å². The first kappa shape index (κ1) is 16.3. The predicted molar refractivity (Wildman–Crippen MR) is 99.9 cm³/mol. The third-order valence-electron chi connectivity index (χ3n) is 4.63. The zero-order valence-electron chi connectivity index (χ0n) is 15.2. The molecule has 4 rings (SSSR count). The van der Waals surface area contributed by atoms with Crippen molar-refractivity contribution in [2.45, 2.75) is 20.4 Å². The first-order valence-electron chi connectivity index (χ1n) is 8.45. The van der Waals surface area contributed by atoms with E-state index in [4.69, 9.17) is 0 Å². The van der Waals surface area contributed by atoms with Gasteiger partial charge in [-0.3, -0.25) is 9.48 Å². The van der Waals surface area contributed by atoms with Gasteiger partial charge in [0.2, 0.25) is 0 Å². The third-order valence-corrected chi connectivity index (χ3v) is 4.63. The summed E-state index contributed by atoms with van der Waals surface area (Å²) in [7, 11) is 3.79. The average Bonchev–Trinajstić information content (AvgIpc) is 3.09. The highest BCUT2D eigenvalue weighted by Crippen LogP contribution is 2.22. The lowest BCUT2D eigenvalue weighted by atomic mass is 10.1. The summed E-state index contributed by atoms with van der Waals surface area (Å²) in [6.45, 7) is 4.12. The molecule has 0 spiro atoms. The first-order valence-corrected chi connectivity index (χ1v) is 8.45. The molecule has 0 aliphatic carbocycles. The number of amides is 1. The fourth-order valence-corrected chi connectivity index (χ4v) is 3.36. The van der Waals surface area contributed by atoms with Gasteiger partial charge in [0.25, 0.3) is 5.91 Å². The number of rotatable bonds is 3. The molecule has 1 N–H and O–H groups in total. The lowest BCUT2D eigenvalue weighted by molar-refractivity contribution is 0.0951. The van der Waals surface area contributed by atoms with Gasteiger partial charge in [-0.15, -0.1) is 0 Å². The monoisotopic (exact) mass is 348 g/mol. The Bertz CT molecular complexity index is 1150. The van der Waals surface area contributed by atoms with Crippen LogP contribution in [-0.4, -0.2) is 30.2 Å². The number of benzene rings is 1. The van der Waals surface area contributed by atoms with Crippen LogP contribution in [0, 0.1) is 13.8 Å². The van der Waals surface area contributed by atoms with E-state index in [9.17, 15) is 4.79 Å². The number of imidazole rings is 1. The van der Waals surface area contributed by atoms with E-state index in [2.05, 4.69) is 20.4 Å². The van der Waals surface area contributed by atoms with Crippen LogP contribution < -0.4 is 5.32 Å². The molecule has 0 saturated heterocycles. The highest BCUT2D eigenvalue weighted by molar-refractivity contribution is 6.06. The molecular weight excluding hydrogens is 328 g/mol. The minimum atomic E-state index is -0.149. The quantitative estimate of drug-likeness (QED) is 0.617. The van der Waals surface area contributed by atoms with Crippen molar-refractivity contribution in [2.24, 2.45) is 14.1 Å². The fourth-order valence-electron chi connectivity index (χ4n) is 3.36. The van der Waals surface area contributed by atoms with Gasteiger partial charge in [0.1, 0.15) is 5.82 Å². The van der Waals surface area contributed by atoms with Crippen molar-refractivity contribution in [3.05, 3.63) is 53.1 Å². The van der Waals surface area contributed by atoms with E-state index in [-0.39, 0.29) is 5.91 Å². The second-order valence-electron chi connectivity index (χ2n) is 6.48. The summed E-state index contributed by atoms with van der Waals surface area (Å²) in [5.41, 5.74) is 4.86. The van der Waals surface area contributed by atoms with Crippen molar-refractivity contribution in [1.82, 2.24) is 29.6 Å². The summed E-state index contributed by atoms with van der Waals surface area (Å²) < 4.78 is 3.71. The van der Waals surface area contributed by atoms with Crippen LogP contribution in [0.15, 0.2) is 30.3 Å². The molecule has 0 unspecified atom stereocenters. The number of carbonyl (C=O) groups is 1. The van der Waals surface area contributed by atoms with Gasteiger partial charge < -0.3 is 9.88 Å². The maximum Gasteiger partial charge on any atom is 0.252 e. The van der Waals surface area contributed by atoms with Crippen LogP contribution in [0.4, 0.5) is 0 Å². The minimum absolute atomic E-state index is 0.149. The van der Waals surface area contributed by atoms with Crippen molar-refractivity contribution in [1.29, 1.82) is 0 Å². The lowest BCUT2D eigenvalue weighted by Crippen LogP contribution is -2.25. The number of para-hydroxylation sites is 2. The predicted octanol–water partition coefficient (Wildman–Crippen LogP) is 2.40. The molecule has 0 atom stereocenters. The summed E-state index contributed by atoms with van der Waals surface area (Å²) in [5, 5.41) is 8.17. The first-order chi connectivity index (χ1) is 12.5. The Morgan fingerprint density at radius 1 is 1.15 bits per heavy atom. The molecule has 1 amide bonds. The van der Waals surface area contributed by atoms with Crippen molar-refractivity contribution in [2.75, 3.05) is 0 Å². The summed E-state index contributed by atoms with van der Waals surface area (Å²) in [5.74, 6) is 0.660. The molecule has 7 heteroatoms. The van der Waals surface area contributed by atoms with Crippen molar-refractivity contribution in [3.63, 3.8) is 0 Å². The number of hydrogen-bond acceptors (Lipinski definition) is 4. The Morgan fingerprint density at radius 3 is 2.69 bits per heavy atom. The molecule has 1 aromatic carbocycles. The molecule has 0 aliphatic rings. The van der Waals surface area contributed by atoms with E-state index >= 15 is 0 Å². The van der Waals surface area contributed by atoms with E-state index in [1.54, 1.807) is 10.7 Å². The maximum absolute atomic E-state index is 12.9. The molecule has 132 valence electrons. The maximum atomic E-state index is 12.9. The van der Waals surface area contributed by atoms with E-state index < -0.39 is 0 Å². The number of hydrogen-bond donors (Lipinski definition) is 1. The van der Waals surface area contributed by atoms with Gasteiger partial charge in [0.15, 0.2) is 5.65 Å². The molecule has 3 aromatic heterocycles. The van der Waals surface area contributed by atoms with Crippen LogP contribution in [0.2, 0.25) is 0 Å². The number of pyridine rings is 1. The topological polar surface area (TPSA) is 77.6 Å². The molecule has 26 heavy (non-hydrogen) atoms. The highest BCUT2D eigenvalue weighted by Gasteiger charge is 2.18. The van der Waals surface area contributed by atoms with Crippen LogP contribution in [-0.2, 0) is 20.6 Å². The molecule has 0 radical (unpaired) electrons. The standard InChI is InChI=1S/C19H20N6O/c1-11-9-13(17-12(2)23-25(4)18(17)21-11)19(26)20-10-16-22-14-7-5-6-8-15(14)24(16)3/h5-9H,10H2,1-4H3,(H,20,26). The Hall–Kier alpha value is -3.22. The van der Waals surface area contributed by atoms with Gasteiger partial charge >= 0.3 is 0 Å². The highest BCUT2D eigenvalue weighted by atomic mass is 16.1. The average molecular weight is 348 g/mol. The van der Waals surface area contributed by atoms with Gasteiger partial charge in [-0.25, -0.2) is 9.97 Å². The summed E-state index contributed by atoms with van der Waals surface area (Å²) in [4.78, 5) is 22.0. The second-order valence-corrected chi connectivity index (χ2v) is 6.48. The SMILES string of the molecule is Cc1cc(C(=O)NCc2nc3ccccc3n2C)c2c(C)nn(C)c2n1. The smallest absolute Gasteiger partial charge is 0.252 e. The van der Waals surface area contributed by atoms with Crippen LogP contribution >= 0.6 is 0 Å². The fraction of sp³-hybridized carbons (Fsp3) is 0.263. The molecule has 0 fully saturated rings. The van der Waals surface area contributed by atoms with Gasteiger partial charge in [-0.1, -0.05) is 12.1 Å². The van der Waals surface area contributed by atoms with Crippen molar-refractivity contribution >= 4 is 28.0 Å². The van der Waals surface area contributed by atoms with Gasteiger partial charge in [-0.2, -0.15) is 5.10 Å². The van der Waals surface area contributed by atoms with Crippen LogP contribution in [0.3, 0.4) is 0 Å². The number of nitrogens with one attached hydrogen (secondary N) is 1. The molecule has 7 nitrogen and oxygen atoms in total. The molecular formula is C19H20N6O. The van der Waals surface area contributed by atoms with Gasteiger partial charge in [0.05, 0.1) is 34.2 Å². The molecule has 4 aromatic rings. The summed E-state index contributed by atoms with van der Waals surface area (Å²) in [6.07, 6.45) is 0. The number of aromatic nitrogens is 5. The summed E-state index contributed by atoms with van der Waals surface area (Å²) in [6, 6.07) is 9.73. The second kappa shape index (κ2) is 5.94. The molecule has 3 heterocycles. The van der Waals surface area contributed by atoms with Crippen LogP contribution in [0.25, 0.3) is 22.1 Å². The normalized spacial score (nSPS) is 11.4. The van der Waals surface area contributed by atoms with Crippen molar-refractivity contribution in [3.8, 4) is 0 Å². The zero-order chi connectivity index (χ0) is 18.4. The Balaban J connectivity index is 1.66. The molecule has 0 aliphatic heterocycles. The van der Waals surface area contributed by atoms with Crippen LogP contribution in [0.5, 0.6) is 0 Å². The third kappa shape index (κ3) is 2.52. The number of aryl methyl sites for hydroxylation is 4. The number of fused-ring (bicyclic) bond motifs is 2. The minimum Gasteiger partial charge on any atom is -0.345 e. The van der Waals surface area contributed by atoms with Crippen LogP contribution in [0.1, 0.15) is 27.6 Å². The Kier molecular flexibility index (Phi) is 3.72. The van der Waals surface area contributed by atoms with Crippen molar-refractivity contribution < 1.29 is 4.79 Å². The number of carbonyl (C=O) groups excluding carboxylic acids is 1. The lowest BCUT2D eigenvalue weighted by Gasteiger charge is -2.08. The summed E-state index contributed by atoms with van der Waals surface area (Å²) >= 11 is 0. The zero-order valence-corrected chi connectivity index (χ0v) is 15.2. The van der Waals surface area contributed by atoms with E-state index in [0.29, 0.717) is 12.1 Å².